The van der Waals surface area contributed by atoms with Crippen LogP contribution in [-0.4, -0.2) is 31.5 Å². The molecule has 1 N–H and O–H groups in total. The van der Waals surface area contributed by atoms with E-state index in [0.717, 1.165) is 0 Å². The second-order valence-corrected chi connectivity index (χ2v) is 6.17. The summed E-state index contributed by atoms with van der Waals surface area (Å²) in [5.41, 5.74) is 1.24. The van der Waals surface area contributed by atoms with E-state index in [-0.39, 0.29) is 37.8 Å². The maximum absolute atomic E-state index is 14.0. The molecule has 28 heavy (non-hydrogen) atoms. The number of amides is 2. The zero-order chi connectivity index (χ0) is 20.1. The normalized spacial score (nSPS) is 12.8. The summed E-state index contributed by atoms with van der Waals surface area (Å²) >= 11 is 0. The van der Waals surface area contributed by atoms with Gasteiger partial charge in [-0.25, -0.2) is 4.39 Å². The van der Waals surface area contributed by atoms with Gasteiger partial charge in [-0.1, -0.05) is 18.2 Å². The second kappa shape index (κ2) is 8.51. The molecule has 0 atom stereocenters. The van der Waals surface area contributed by atoms with Crippen molar-refractivity contribution in [2.45, 2.75) is 19.4 Å². The van der Waals surface area contributed by atoms with E-state index < -0.39 is 11.8 Å². The maximum Gasteiger partial charge on any atom is 0.306 e. The monoisotopic (exact) mass is 386 g/mol. The lowest BCUT2D eigenvalue weighted by molar-refractivity contribution is -0.141. The molecule has 0 radical (unpaired) electrons. The number of esters is 1. The van der Waals surface area contributed by atoms with Crippen LogP contribution in [0.2, 0.25) is 0 Å². The number of halogens is 1. The number of rotatable bonds is 6. The first-order valence-corrected chi connectivity index (χ1v) is 8.65. The number of fused-ring (bicyclic) bond motifs is 1. The molecule has 3 rings (SSSR count). The van der Waals surface area contributed by atoms with Crippen molar-refractivity contribution in [1.82, 2.24) is 0 Å². The van der Waals surface area contributed by atoms with Gasteiger partial charge in [-0.2, -0.15) is 0 Å². The van der Waals surface area contributed by atoms with Crippen LogP contribution in [0.1, 0.15) is 18.4 Å². The molecule has 2 aromatic rings. The van der Waals surface area contributed by atoms with E-state index in [4.69, 9.17) is 4.74 Å². The van der Waals surface area contributed by atoms with Crippen LogP contribution in [0.15, 0.2) is 42.5 Å². The van der Waals surface area contributed by atoms with Crippen LogP contribution in [-0.2, 0) is 25.7 Å². The summed E-state index contributed by atoms with van der Waals surface area (Å²) in [7, 11) is 1.25. The van der Waals surface area contributed by atoms with E-state index in [1.165, 1.54) is 18.1 Å². The maximum atomic E-state index is 14.0. The Balaban J connectivity index is 1.79. The third-order valence-electron chi connectivity index (χ3n) is 4.26. The molecule has 1 aliphatic heterocycles. The predicted octanol–water partition coefficient (Wildman–Crippen LogP) is 2.64. The fourth-order valence-electron chi connectivity index (χ4n) is 2.79. The summed E-state index contributed by atoms with van der Waals surface area (Å²) in [5, 5.41) is 2.67. The largest absolute Gasteiger partial charge is 0.482 e. The number of carbonyl (C=O) groups is 3. The van der Waals surface area contributed by atoms with Crippen molar-refractivity contribution in [1.29, 1.82) is 0 Å². The van der Waals surface area contributed by atoms with Gasteiger partial charge in [0.05, 0.1) is 25.8 Å². The van der Waals surface area contributed by atoms with Crippen LogP contribution in [0.4, 0.5) is 15.8 Å². The number of nitrogens with one attached hydrogen (secondary N) is 1. The Morgan fingerprint density at radius 2 is 2.00 bits per heavy atom. The lowest BCUT2D eigenvalue weighted by atomic mass is 10.1. The van der Waals surface area contributed by atoms with Gasteiger partial charge in [0.15, 0.2) is 6.61 Å². The number of benzene rings is 2. The van der Waals surface area contributed by atoms with E-state index in [2.05, 4.69) is 10.1 Å². The predicted molar refractivity (Wildman–Crippen MR) is 99.4 cm³/mol. The Kier molecular flexibility index (Phi) is 5.88. The van der Waals surface area contributed by atoms with Crippen molar-refractivity contribution >= 4 is 29.2 Å². The Labute approximate surface area is 161 Å². The van der Waals surface area contributed by atoms with E-state index in [1.54, 1.807) is 36.4 Å². The molecule has 2 amide bonds. The highest BCUT2D eigenvalue weighted by atomic mass is 19.1. The summed E-state index contributed by atoms with van der Waals surface area (Å²) in [5.74, 6) is -1.10. The smallest absolute Gasteiger partial charge is 0.306 e. The Bertz CT molecular complexity index is 915. The summed E-state index contributed by atoms with van der Waals surface area (Å²) in [6.45, 7) is -0.103. The number of hydrogen-bond donors (Lipinski definition) is 1. The highest BCUT2D eigenvalue weighted by Gasteiger charge is 2.27. The molecule has 0 aliphatic carbocycles. The Hall–Kier alpha value is -3.42. The molecule has 1 aliphatic rings. The molecule has 2 aromatic carbocycles. The molecule has 0 unspecified atom stereocenters. The Morgan fingerprint density at radius 1 is 1.21 bits per heavy atom. The van der Waals surface area contributed by atoms with Gasteiger partial charge in [0.1, 0.15) is 11.6 Å². The van der Waals surface area contributed by atoms with Crippen LogP contribution in [0.3, 0.4) is 0 Å². The van der Waals surface area contributed by atoms with Crippen LogP contribution in [0.25, 0.3) is 0 Å². The number of hydrogen-bond acceptors (Lipinski definition) is 5. The van der Waals surface area contributed by atoms with Crippen LogP contribution < -0.4 is 15.0 Å². The van der Waals surface area contributed by atoms with Crippen molar-refractivity contribution in [3.63, 3.8) is 0 Å². The second-order valence-electron chi connectivity index (χ2n) is 6.17. The van der Waals surface area contributed by atoms with E-state index >= 15 is 0 Å². The van der Waals surface area contributed by atoms with Crippen molar-refractivity contribution in [3.05, 3.63) is 53.8 Å². The highest BCUT2D eigenvalue weighted by molar-refractivity contribution is 5.99. The van der Waals surface area contributed by atoms with Gasteiger partial charge in [0.25, 0.3) is 5.91 Å². The first-order valence-electron chi connectivity index (χ1n) is 8.65. The molecule has 0 bridgehead atoms. The minimum atomic E-state index is -0.476. The lowest BCUT2D eigenvalue weighted by Gasteiger charge is -2.30. The fourth-order valence-corrected chi connectivity index (χ4v) is 2.79. The standard InChI is InChI=1S/C20H19FN2O5/c1-27-20(26)9-8-18(24)22-14-6-7-17-16(10-14)23(19(25)12-28-17)11-13-4-2-3-5-15(13)21/h2-7,10H,8-9,11-12H2,1H3,(H,22,24). The topological polar surface area (TPSA) is 84.9 Å². The number of carbonyl (C=O) groups excluding carboxylic acids is 3. The molecule has 0 aromatic heterocycles. The number of anilines is 2. The zero-order valence-corrected chi connectivity index (χ0v) is 15.2. The average molecular weight is 386 g/mol. The fraction of sp³-hybridized carbons (Fsp3) is 0.250. The minimum Gasteiger partial charge on any atom is -0.482 e. The minimum absolute atomic E-state index is 0.0296. The van der Waals surface area contributed by atoms with Gasteiger partial charge in [-0.3, -0.25) is 14.4 Å². The molecule has 0 saturated carbocycles. The van der Waals surface area contributed by atoms with Crippen LogP contribution in [0.5, 0.6) is 5.75 Å². The molecule has 146 valence electrons. The summed E-state index contributed by atoms with van der Waals surface area (Å²) < 4.78 is 23.9. The van der Waals surface area contributed by atoms with Crippen molar-refractivity contribution < 1.29 is 28.2 Å². The van der Waals surface area contributed by atoms with Crippen molar-refractivity contribution in [2.75, 3.05) is 23.9 Å². The van der Waals surface area contributed by atoms with E-state index in [1.807, 2.05) is 0 Å². The lowest BCUT2D eigenvalue weighted by Crippen LogP contribution is -2.38. The summed E-state index contributed by atoms with van der Waals surface area (Å²) in [6.07, 6.45) is -0.0631. The molecule has 1 heterocycles. The molecule has 0 saturated heterocycles. The highest BCUT2D eigenvalue weighted by Crippen LogP contribution is 2.35. The molecular weight excluding hydrogens is 367 g/mol. The van der Waals surface area contributed by atoms with Crippen LogP contribution in [0, 0.1) is 5.82 Å². The molecule has 8 heteroatoms. The van der Waals surface area contributed by atoms with Crippen LogP contribution >= 0.6 is 0 Å². The van der Waals surface area contributed by atoms with Gasteiger partial charge in [0, 0.05) is 17.7 Å². The molecule has 0 spiro atoms. The number of ether oxygens (including phenoxy) is 2. The number of methoxy groups -OCH3 is 1. The third kappa shape index (κ3) is 4.46. The first-order chi connectivity index (χ1) is 13.5. The summed E-state index contributed by atoms with van der Waals surface area (Å²) in [6, 6.07) is 11.1. The molecule has 7 nitrogen and oxygen atoms in total. The van der Waals surface area contributed by atoms with Gasteiger partial charge in [-0.05, 0) is 24.3 Å². The third-order valence-corrected chi connectivity index (χ3v) is 4.26. The van der Waals surface area contributed by atoms with Crippen molar-refractivity contribution in [2.24, 2.45) is 0 Å². The van der Waals surface area contributed by atoms with Gasteiger partial charge in [-0.15, -0.1) is 0 Å². The summed E-state index contributed by atoms with van der Waals surface area (Å²) in [4.78, 5) is 36.9. The van der Waals surface area contributed by atoms with Gasteiger partial charge in [0.2, 0.25) is 5.91 Å². The van der Waals surface area contributed by atoms with Gasteiger partial charge < -0.3 is 19.7 Å². The molecular formula is C20H19FN2O5. The zero-order valence-electron chi connectivity index (χ0n) is 15.2. The van der Waals surface area contributed by atoms with Crippen molar-refractivity contribution in [3.8, 4) is 5.75 Å². The Morgan fingerprint density at radius 3 is 2.75 bits per heavy atom. The SMILES string of the molecule is COC(=O)CCC(=O)Nc1ccc2c(c1)N(Cc1ccccc1F)C(=O)CO2. The van der Waals surface area contributed by atoms with E-state index in [0.29, 0.717) is 22.7 Å². The average Bonchev–Trinajstić information content (AvgIpc) is 2.69. The quantitative estimate of drug-likeness (QED) is 0.772. The molecule has 0 fully saturated rings. The van der Waals surface area contributed by atoms with E-state index in [9.17, 15) is 18.8 Å². The number of nitrogens with zero attached hydrogens (tertiary/aromatic N) is 1. The van der Waals surface area contributed by atoms with Gasteiger partial charge >= 0.3 is 5.97 Å². The first kappa shape index (κ1) is 19.3.